The number of carbonyl (C=O) groups is 1. The molecule has 0 N–H and O–H groups in total. The molecule has 2 nitrogen and oxygen atoms in total. The van der Waals surface area contributed by atoms with Crippen molar-refractivity contribution >= 4 is 40.0 Å². The first-order valence-corrected chi connectivity index (χ1v) is 7.56. The molecule has 1 unspecified atom stereocenters. The predicted octanol–water partition coefficient (Wildman–Crippen LogP) is 4.51. The Kier molecular flexibility index (Phi) is 4.36. The number of aromatic nitrogens is 1. The Morgan fingerprint density at radius 3 is 2.58 bits per heavy atom. The van der Waals surface area contributed by atoms with E-state index in [4.69, 9.17) is 11.6 Å². The molecule has 0 radical (unpaired) electrons. The number of rotatable bonds is 3. The minimum absolute atomic E-state index is 0.0216. The van der Waals surface area contributed by atoms with Crippen LogP contribution in [-0.4, -0.2) is 15.7 Å². The highest BCUT2D eigenvalue weighted by molar-refractivity contribution is 14.1. The van der Waals surface area contributed by atoms with Crippen molar-refractivity contribution in [2.24, 2.45) is 0 Å². The van der Waals surface area contributed by atoms with Crippen LogP contribution in [-0.2, 0) is 0 Å². The van der Waals surface area contributed by atoms with Crippen LogP contribution in [0.15, 0.2) is 30.3 Å². The number of Topliss-reactive ketones (excluding diaryl/α,β-unsaturated/α-hetero) is 1. The molecule has 0 bridgehead atoms. The second-order valence-corrected chi connectivity index (χ2v) is 6.48. The van der Waals surface area contributed by atoms with Gasteiger partial charge in [-0.3, -0.25) is 4.79 Å². The highest BCUT2D eigenvalue weighted by atomic mass is 127. The third-order valence-corrected chi connectivity index (χ3v) is 3.99. The number of alkyl halides is 1. The summed E-state index contributed by atoms with van der Waals surface area (Å²) in [7, 11) is 0. The fourth-order valence-corrected chi connectivity index (χ4v) is 2.88. The molecule has 0 aliphatic rings. The van der Waals surface area contributed by atoms with Gasteiger partial charge in [-0.05, 0) is 67.6 Å². The smallest absolute Gasteiger partial charge is 0.182 e. The zero-order valence-corrected chi connectivity index (χ0v) is 14.0. The molecule has 1 heterocycles. The van der Waals surface area contributed by atoms with Crippen molar-refractivity contribution in [2.45, 2.75) is 26.1 Å². The standard InChI is InChI=1S/C15H15ClINO/c1-9-7-14(15(19)10(2)16)11(3)18(9)13-6-4-5-12(17)8-13/h4-8,10H,1-3H3. The van der Waals surface area contributed by atoms with Gasteiger partial charge in [0, 0.05) is 26.2 Å². The van der Waals surface area contributed by atoms with Gasteiger partial charge < -0.3 is 4.57 Å². The van der Waals surface area contributed by atoms with Gasteiger partial charge in [0.05, 0.1) is 5.38 Å². The third kappa shape index (κ3) is 2.87. The molecule has 0 saturated carbocycles. The van der Waals surface area contributed by atoms with E-state index in [0.29, 0.717) is 5.56 Å². The van der Waals surface area contributed by atoms with Gasteiger partial charge in [0.25, 0.3) is 0 Å². The zero-order valence-electron chi connectivity index (χ0n) is 11.1. The Morgan fingerprint density at radius 1 is 1.32 bits per heavy atom. The minimum atomic E-state index is -0.496. The normalized spacial score (nSPS) is 12.5. The van der Waals surface area contributed by atoms with Crippen LogP contribution in [0.1, 0.15) is 28.7 Å². The molecular weight excluding hydrogens is 373 g/mol. The maximum Gasteiger partial charge on any atom is 0.182 e. The van der Waals surface area contributed by atoms with Crippen molar-refractivity contribution in [3.8, 4) is 5.69 Å². The maximum absolute atomic E-state index is 12.1. The lowest BCUT2D eigenvalue weighted by Crippen LogP contribution is -2.11. The second-order valence-electron chi connectivity index (χ2n) is 4.58. The summed E-state index contributed by atoms with van der Waals surface area (Å²) in [5.41, 5.74) is 3.76. The lowest BCUT2D eigenvalue weighted by Gasteiger charge is -2.10. The van der Waals surface area contributed by atoms with Crippen LogP contribution in [0.25, 0.3) is 5.69 Å². The molecule has 1 aromatic heterocycles. The van der Waals surface area contributed by atoms with Crippen molar-refractivity contribution in [1.29, 1.82) is 0 Å². The fraction of sp³-hybridized carbons (Fsp3) is 0.267. The number of halogens is 2. The zero-order chi connectivity index (χ0) is 14.2. The maximum atomic E-state index is 12.1. The quantitative estimate of drug-likeness (QED) is 0.431. The average Bonchev–Trinajstić information content (AvgIpc) is 2.63. The van der Waals surface area contributed by atoms with Crippen LogP contribution >= 0.6 is 34.2 Å². The van der Waals surface area contributed by atoms with E-state index in [9.17, 15) is 4.79 Å². The Morgan fingerprint density at radius 2 is 2.00 bits per heavy atom. The number of carbonyl (C=O) groups excluding carboxylic acids is 1. The number of aryl methyl sites for hydroxylation is 1. The molecule has 2 aromatic rings. The SMILES string of the molecule is Cc1cc(C(=O)C(C)Cl)c(C)n1-c1cccc(I)c1. The van der Waals surface area contributed by atoms with E-state index in [1.807, 2.05) is 38.1 Å². The van der Waals surface area contributed by atoms with Crippen LogP contribution in [0.3, 0.4) is 0 Å². The molecule has 19 heavy (non-hydrogen) atoms. The van der Waals surface area contributed by atoms with E-state index >= 15 is 0 Å². The summed E-state index contributed by atoms with van der Waals surface area (Å²) in [4.78, 5) is 12.1. The highest BCUT2D eigenvalue weighted by Crippen LogP contribution is 2.23. The van der Waals surface area contributed by atoms with E-state index < -0.39 is 5.38 Å². The van der Waals surface area contributed by atoms with Crippen molar-refractivity contribution in [1.82, 2.24) is 4.57 Å². The predicted molar refractivity (Wildman–Crippen MR) is 87.6 cm³/mol. The van der Waals surface area contributed by atoms with Crippen LogP contribution in [0.4, 0.5) is 0 Å². The molecule has 1 aromatic carbocycles. The summed E-state index contributed by atoms with van der Waals surface area (Å²) in [5, 5.41) is -0.496. The topological polar surface area (TPSA) is 22.0 Å². The molecule has 100 valence electrons. The number of hydrogen-bond acceptors (Lipinski definition) is 1. The van der Waals surface area contributed by atoms with Crippen LogP contribution < -0.4 is 0 Å². The summed E-state index contributed by atoms with van der Waals surface area (Å²) in [5.74, 6) is -0.0216. The van der Waals surface area contributed by atoms with E-state index in [0.717, 1.165) is 17.1 Å². The molecule has 1 atom stereocenters. The molecular formula is C15H15ClINO. The Balaban J connectivity index is 2.57. The van der Waals surface area contributed by atoms with Crippen LogP contribution in [0, 0.1) is 17.4 Å². The molecule has 0 amide bonds. The summed E-state index contributed by atoms with van der Waals surface area (Å²) >= 11 is 8.19. The lowest BCUT2D eigenvalue weighted by atomic mass is 10.1. The number of benzene rings is 1. The summed E-state index contributed by atoms with van der Waals surface area (Å²) in [6.07, 6.45) is 0. The van der Waals surface area contributed by atoms with Crippen molar-refractivity contribution < 1.29 is 4.79 Å². The number of hydrogen-bond donors (Lipinski definition) is 0. The van der Waals surface area contributed by atoms with Gasteiger partial charge >= 0.3 is 0 Å². The summed E-state index contributed by atoms with van der Waals surface area (Å²) < 4.78 is 3.26. The van der Waals surface area contributed by atoms with Gasteiger partial charge in [0.1, 0.15) is 0 Å². The second kappa shape index (κ2) is 5.67. The Hall–Kier alpha value is -0.810. The van der Waals surface area contributed by atoms with Gasteiger partial charge in [-0.25, -0.2) is 0 Å². The van der Waals surface area contributed by atoms with Gasteiger partial charge in [-0.15, -0.1) is 11.6 Å². The fourth-order valence-electron chi connectivity index (χ4n) is 2.24. The first-order valence-electron chi connectivity index (χ1n) is 6.05. The Bertz CT molecular complexity index is 631. The van der Waals surface area contributed by atoms with E-state index in [1.165, 1.54) is 3.57 Å². The molecule has 0 aliphatic carbocycles. The van der Waals surface area contributed by atoms with Crippen molar-refractivity contribution in [2.75, 3.05) is 0 Å². The molecule has 0 aliphatic heterocycles. The number of nitrogens with zero attached hydrogens (tertiary/aromatic N) is 1. The van der Waals surface area contributed by atoms with Gasteiger partial charge in [-0.1, -0.05) is 6.07 Å². The first-order chi connectivity index (χ1) is 8.91. The summed E-state index contributed by atoms with van der Waals surface area (Å²) in [6, 6.07) is 10.1. The summed E-state index contributed by atoms with van der Waals surface area (Å²) in [6.45, 7) is 5.67. The van der Waals surface area contributed by atoms with Gasteiger partial charge in [-0.2, -0.15) is 0 Å². The first kappa shape index (κ1) is 14.6. The van der Waals surface area contributed by atoms with Gasteiger partial charge in [0.2, 0.25) is 0 Å². The third-order valence-electron chi connectivity index (χ3n) is 3.12. The molecule has 4 heteroatoms. The Labute approximate surface area is 131 Å². The lowest BCUT2D eigenvalue weighted by molar-refractivity contribution is 0.0991. The number of ketones is 1. The van der Waals surface area contributed by atoms with Crippen LogP contribution in [0.2, 0.25) is 0 Å². The minimum Gasteiger partial charge on any atom is -0.318 e. The van der Waals surface area contributed by atoms with E-state index in [1.54, 1.807) is 6.92 Å². The van der Waals surface area contributed by atoms with Crippen LogP contribution in [0.5, 0.6) is 0 Å². The molecule has 2 rings (SSSR count). The molecule has 0 fully saturated rings. The van der Waals surface area contributed by atoms with Crippen molar-refractivity contribution in [3.05, 3.63) is 50.9 Å². The average molecular weight is 388 g/mol. The molecule has 0 saturated heterocycles. The molecule has 0 spiro atoms. The highest BCUT2D eigenvalue weighted by Gasteiger charge is 2.19. The largest absolute Gasteiger partial charge is 0.318 e. The van der Waals surface area contributed by atoms with E-state index in [-0.39, 0.29) is 5.78 Å². The van der Waals surface area contributed by atoms with Gasteiger partial charge in [0.15, 0.2) is 5.78 Å². The van der Waals surface area contributed by atoms with E-state index in [2.05, 4.69) is 33.2 Å². The monoisotopic (exact) mass is 387 g/mol. The van der Waals surface area contributed by atoms with Crippen molar-refractivity contribution in [3.63, 3.8) is 0 Å².